The molecule has 148 valence electrons. The van der Waals surface area contributed by atoms with Gasteiger partial charge in [0.1, 0.15) is 0 Å². The quantitative estimate of drug-likeness (QED) is 0.332. The zero-order chi connectivity index (χ0) is 19.5. The minimum atomic E-state index is -0.791. The van der Waals surface area contributed by atoms with Crippen LogP contribution in [0.4, 0.5) is 0 Å². The molecule has 1 rings (SSSR count). The molecule has 0 aromatic rings. The van der Waals surface area contributed by atoms with E-state index in [1.807, 2.05) is 32.1 Å². The number of hydrogen-bond acceptors (Lipinski definition) is 4. The Labute approximate surface area is 156 Å². The van der Waals surface area contributed by atoms with Gasteiger partial charge in [-0.15, -0.1) is 0 Å². The van der Waals surface area contributed by atoms with E-state index in [1.165, 1.54) is 5.57 Å². The molecule has 0 aliphatic heterocycles. The fraction of sp³-hybridized carbons (Fsp3) is 0.667. The number of rotatable bonds is 11. The average Bonchev–Trinajstić information content (AvgIpc) is 2.81. The van der Waals surface area contributed by atoms with Crippen molar-refractivity contribution in [1.82, 2.24) is 0 Å². The number of allylic oxidation sites excluding steroid dienone is 4. The van der Waals surface area contributed by atoms with Gasteiger partial charge in [-0.3, -0.25) is 4.79 Å². The maximum Gasteiger partial charge on any atom is 0.303 e. The lowest BCUT2D eigenvalue weighted by molar-refractivity contribution is -0.137. The van der Waals surface area contributed by atoms with E-state index in [0.29, 0.717) is 32.1 Å². The van der Waals surface area contributed by atoms with Crippen LogP contribution in [-0.2, 0) is 4.79 Å². The minimum absolute atomic E-state index is 0.0815. The van der Waals surface area contributed by atoms with Crippen molar-refractivity contribution in [2.45, 2.75) is 77.1 Å². The van der Waals surface area contributed by atoms with Crippen LogP contribution < -0.4 is 0 Å². The first kappa shape index (κ1) is 22.6. The third kappa shape index (κ3) is 8.79. The zero-order valence-corrected chi connectivity index (χ0v) is 15.9. The van der Waals surface area contributed by atoms with Crippen LogP contribution >= 0.6 is 0 Å². The Morgan fingerprint density at radius 1 is 1.15 bits per heavy atom. The molecule has 0 heterocycles. The molecule has 0 amide bonds. The predicted molar refractivity (Wildman–Crippen MR) is 103 cm³/mol. The maximum atomic E-state index is 10.5. The Bertz CT molecular complexity index is 505. The minimum Gasteiger partial charge on any atom is -0.481 e. The largest absolute Gasteiger partial charge is 0.481 e. The van der Waals surface area contributed by atoms with Crippen LogP contribution in [0.1, 0.15) is 58.8 Å². The lowest BCUT2D eigenvalue weighted by Gasteiger charge is -2.19. The van der Waals surface area contributed by atoms with E-state index in [4.69, 9.17) is 5.11 Å². The number of unbranched alkanes of at least 4 members (excludes halogenated alkanes) is 1. The smallest absolute Gasteiger partial charge is 0.303 e. The normalized spacial score (nSPS) is 27.3. The first-order chi connectivity index (χ1) is 12.3. The van der Waals surface area contributed by atoms with Crippen molar-refractivity contribution in [2.24, 2.45) is 11.8 Å². The van der Waals surface area contributed by atoms with E-state index >= 15 is 0 Å². The van der Waals surface area contributed by atoms with E-state index in [2.05, 4.69) is 6.08 Å². The lowest BCUT2D eigenvalue weighted by atomic mass is 9.89. The van der Waals surface area contributed by atoms with Crippen molar-refractivity contribution in [1.29, 1.82) is 0 Å². The van der Waals surface area contributed by atoms with Gasteiger partial charge < -0.3 is 20.4 Å². The highest BCUT2D eigenvalue weighted by atomic mass is 16.4. The number of aliphatic carboxylic acids is 1. The van der Waals surface area contributed by atoms with Crippen LogP contribution in [0, 0.1) is 11.8 Å². The molecule has 1 aliphatic rings. The summed E-state index contributed by atoms with van der Waals surface area (Å²) < 4.78 is 0. The van der Waals surface area contributed by atoms with Crippen molar-refractivity contribution < 1.29 is 25.2 Å². The molecule has 4 N–H and O–H groups in total. The first-order valence-corrected chi connectivity index (χ1v) is 9.54. The monoisotopic (exact) mass is 366 g/mol. The zero-order valence-electron chi connectivity index (χ0n) is 15.9. The number of carboxylic acids is 1. The molecule has 5 nitrogen and oxygen atoms in total. The van der Waals surface area contributed by atoms with Gasteiger partial charge in [0.05, 0.1) is 18.3 Å². The van der Waals surface area contributed by atoms with Gasteiger partial charge >= 0.3 is 5.97 Å². The molecule has 1 fully saturated rings. The molecule has 0 bridgehead atoms. The molecule has 0 unspecified atom stereocenters. The van der Waals surface area contributed by atoms with Crippen LogP contribution in [0.2, 0.25) is 0 Å². The summed E-state index contributed by atoms with van der Waals surface area (Å²) in [5, 5.41) is 39.1. The lowest BCUT2D eigenvalue weighted by Crippen LogP contribution is -2.20. The molecule has 5 atom stereocenters. The first-order valence-electron chi connectivity index (χ1n) is 9.54. The molecule has 0 radical (unpaired) electrons. The van der Waals surface area contributed by atoms with E-state index in [0.717, 1.165) is 6.42 Å². The Morgan fingerprint density at radius 3 is 2.54 bits per heavy atom. The number of carboxylic acid groups (broad SMARTS) is 1. The summed E-state index contributed by atoms with van der Waals surface area (Å²) in [6.07, 6.45) is 11.7. The van der Waals surface area contributed by atoms with Gasteiger partial charge in [0.2, 0.25) is 0 Å². The fourth-order valence-corrected chi connectivity index (χ4v) is 3.34. The standard InChI is InChI=1S/C21H34O5/c1-15(2)8-7-9-16(22)12-13-18-17(19(23)14-20(18)24)10-5-3-4-6-11-21(25)26/h3,5,8,12-13,16-20,22-24H,4,6-7,9-11,14H2,1-2H3,(H,25,26)/b5-3-,13-12+/t16-,17-,18-,19+,20-/m1/s1. The predicted octanol–water partition coefficient (Wildman–Crippen LogP) is 3.21. The maximum absolute atomic E-state index is 10.5. The van der Waals surface area contributed by atoms with Crippen molar-refractivity contribution in [3.8, 4) is 0 Å². The highest BCUT2D eigenvalue weighted by Gasteiger charge is 2.39. The third-order valence-corrected chi connectivity index (χ3v) is 4.82. The van der Waals surface area contributed by atoms with Gasteiger partial charge in [0, 0.05) is 18.8 Å². The topological polar surface area (TPSA) is 98.0 Å². The van der Waals surface area contributed by atoms with Crippen molar-refractivity contribution in [2.75, 3.05) is 0 Å². The van der Waals surface area contributed by atoms with Gasteiger partial charge in [-0.05, 0) is 51.9 Å². The average molecular weight is 366 g/mol. The Kier molecular flexibility index (Phi) is 10.5. The second-order valence-electron chi connectivity index (χ2n) is 7.42. The van der Waals surface area contributed by atoms with Crippen molar-refractivity contribution in [3.63, 3.8) is 0 Å². The molecule has 0 spiro atoms. The Morgan fingerprint density at radius 2 is 1.88 bits per heavy atom. The van der Waals surface area contributed by atoms with E-state index < -0.39 is 24.3 Å². The summed E-state index contributed by atoms with van der Waals surface area (Å²) in [7, 11) is 0. The Balaban J connectivity index is 2.50. The Hall–Kier alpha value is -1.43. The second-order valence-corrected chi connectivity index (χ2v) is 7.42. The summed E-state index contributed by atoms with van der Waals surface area (Å²) in [5.41, 5.74) is 1.23. The van der Waals surface area contributed by atoms with Gasteiger partial charge in [-0.1, -0.05) is 36.0 Å². The number of hydrogen-bond donors (Lipinski definition) is 4. The van der Waals surface area contributed by atoms with Crippen LogP contribution in [0.3, 0.4) is 0 Å². The SMILES string of the molecule is CC(C)=CCC[C@@H](O)/C=C/[C@@H]1[C@@H](C/C=C\CCCC(=O)O)[C@@H](O)C[C@H]1O. The van der Waals surface area contributed by atoms with Crippen LogP contribution in [0.5, 0.6) is 0 Å². The van der Waals surface area contributed by atoms with Crippen LogP contribution in [-0.4, -0.2) is 44.7 Å². The number of aliphatic hydroxyl groups excluding tert-OH is 3. The highest BCUT2D eigenvalue weighted by Crippen LogP contribution is 2.36. The molecule has 0 saturated heterocycles. The number of carbonyl (C=O) groups is 1. The second kappa shape index (κ2) is 12.0. The molecular weight excluding hydrogens is 332 g/mol. The summed E-state index contributed by atoms with van der Waals surface area (Å²) in [6, 6.07) is 0. The molecule has 1 aliphatic carbocycles. The van der Waals surface area contributed by atoms with E-state index in [9.17, 15) is 20.1 Å². The van der Waals surface area contributed by atoms with E-state index in [1.54, 1.807) is 6.08 Å². The summed E-state index contributed by atoms with van der Waals surface area (Å²) >= 11 is 0. The molecule has 5 heteroatoms. The molecule has 1 saturated carbocycles. The summed E-state index contributed by atoms with van der Waals surface area (Å²) in [4.78, 5) is 10.5. The van der Waals surface area contributed by atoms with Gasteiger partial charge in [0.25, 0.3) is 0 Å². The van der Waals surface area contributed by atoms with Crippen molar-refractivity contribution >= 4 is 5.97 Å². The molecule has 0 aromatic carbocycles. The fourth-order valence-electron chi connectivity index (χ4n) is 3.34. The molecular formula is C21H34O5. The third-order valence-electron chi connectivity index (χ3n) is 4.82. The van der Waals surface area contributed by atoms with Crippen LogP contribution in [0.15, 0.2) is 36.0 Å². The van der Waals surface area contributed by atoms with Crippen LogP contribution in [0.25, 0.3) is 0 Å². The van der Waals surface area contributed by atoms with Gasteiger partial charge in [-0.25, -0.2) is 0 Å². The van der Waals surface area contributed by atoms with E-state index in [-0.39, 0.29) is 18.3 Å². The number of aliphatic hydroxyl groups is 3. The highest BCUT2D eigenvalue weighted by molar-refractivity contribution is 5.66. The summed E-state index contributed by atoms with van der Waals surface area (Å²) in [6.45, 7) is 4.05. The summed E-state index contributed by atoms with van der Waals surface area (Å²) in [5.74, 6) is -1.05. The van der Waals surface area contributed by atoms with Gasteiger partial charge in [-0.2, -0.15) is 0 Å². The molecule has 26 heavy (non-hydrogen) atoms. The van der Waals surface area contributed by atoms with Gasteiger partial charge in [0.15, 0.2) is 0 Å². The van der Waals surface area contributed by atoms with Crippen molar-refractivity contribution in [3.05, 3.63) is 36.0 Å². The molecule has 0 aromatic heterocycles.